The van der Waals surface area contributed by atoms with Crippen LogP contribution in [0.25, 0.3) is 11.5 Å². The van der Waals surface area contributed by atoms with E-state index in [4.69, 9.17) is 9.15 Å². The first-order chi connectivity index (χ1) is 12.3. The second-order valence-electron chi connectivity index (χ2n) is 6.12. The van der Waals surface area contributed by atoms with Crippen molar-refractivity contribution in [3.63, 3.8) is 0 Å². The van der Waals surface area contributed by atoms with Gasteiger partial charge >= 0.3 is 0 Å². The van der Waals surface area contributed by atoms with Gasteiger partial charge in [0.2, 0.25) is 0 Å². The van der Waals surface area contributed by atoms with Gasteiger partial charge in [0.25, 0.3) is 5.91 Å². The summed E-state index contributed by atoms with van der Waals surface area (Å²) in [6.45, 7) is 0.510. The summed E-state index contributed by atoms with van der Waals surface area (Å²) >= 11 is 0. The van der Waals surface area contributed by atoms with Crippen LogP contribution in [0.5, 0.6) is 5.75 Å². The fourth-order valence-corrected chi connectivity index (χ4v) is 2.91. The molecule has 6 heteroatoms. The van der Waals surface area contributed by atoms with Crippen molar-refractivity contribution in [1.29, 1.82) is 0 Å². The van der Waals surface area contributed by atoms with Crippen LogP contribution in [0.2, 0.25) is 0 Å². The van der Waals surface area contributed by atoms with Gasteiger partial charge in [-0.1, -0.05) is 18.2 Å². The van der Waals surface area contributed by atoms with Crippen molar-refractivity contribution >= 4 is 5.91 Å². The molecule has 1 aliphatic rings. The van der Waals surface area contributed by atoms with E-state index in [9.17, 15) is 4.79 Å². The van der Waals surface area contributed by atoms with Crippen LogP contribution >= 0.6 is 0 Å². The molecule has 25 heavy (non-hydrogen) atoms. The lowest BCUT2D eigenvalue weighted by Gasteiger charge is -2.22. The number of aromatic amines is 1. The summed E-state index contributed by atoms with van der Waals surface area (Å²) in [5.41, 5.74) is 2.08. The number of carbonyl (C=O) groups excluding carboxylic acids is 1. The third-order valence-corrected chi connectivity index (χ3v) is 4.37. The predicted octanol–water partition coefficient (Wildman–Crippen LogP) is 3.48. The van der Waals surface area contributed by atoms with E-state index in [1.54, 1.807) is 25.5 Å². The van der Waals surface area contributed by atoms with Gasteiger partial charge in [0.1, 0.15) is 11.4 Å². The molecule has 0 spiro atoms. The number of H-pyrrole nitrogens is 1. The van der Waals surface area contributed by atoms with E-state index >= 15 is 0 Å². The topological polar surface area (TPSA) is 71.4 Å². The number of nitrogens with zero attached hydrogens (tertiary/aromatic N) is 2. The molecule has 0 atom stereocenters. The van der Waals surface area contributed by atoms with Crippen LogP contribution in [-0.4, -0.2) is 34.2 Å². The Hall–Kier alpha value is -3.02. The molecule has 0 bridgehead atoms. The minimum atomic E-state index is -0.0811. The van der Waals surface area contributed by atoms with Gasteiger partial charge in [-0.2, -0.15) is 5.10 Å². The zero-order chi connectivity index (χ0) is 17.2. The average molecular weight is 337 g/mol. The standard InChI is InChI=1S/C19H19N3O3/c1-24-17-6-3-2-5-13(17)12-22(14-8-9-14)19(23)16-11-15(20-21-16)18-7-4-10-25-18/h2-7,10-11,14H,8-9,12H2,1H3,(H,20,21). The number of amides is 1. The molecule has 6 nitrogen and oxygen atoms in total. The second-order valence-corrected chi connectivity index (χ2v) is 6.12. The monoisotopic (exact) mass is 337 g/mol. The van der Waals surface area contributed by atoms with E-state index in [2.05, 4.69) is 10.2 Å². The quantitative estimate of drug-likeness (QED) is 0.747. The molecule has 1 aromatic carbocycles. The normalized spacial score (nSPS) is 13.6. The van der Waals surface area contributed by atoms with Crippen molar-refractivity contribution < 1.29 is 13.9 Å². The Labute approximate surface area is 145 Å². The lowest BCUT2D eigenvalue weighted by Crippen LogP contribution is -2.33. The molecular formula is C19H19N3O3. The Balaban J connectivity index is 1.58. The summed E-state index contributed by atoms with van der Waals surface area (Å²) < 4.78 is 10.8. The van der Waals surface area contributed by atoms with Gasteiger partial charge in [-0.15, -0.1) is 0 Å². The maximum Gasteiger partial charge on any atom is 0.274 e. The minimum Gasteiger partial charge on any atom is -0.496 e. The number of hydrogen-bond donors (Lipinski definition) is 1. The summed E-state index contributed by atoms with van der Waals surface area (Å²) in [5, 5.41) is 7.05. The number of para-hydroxylation sites is 1. The maximum absolute atomic E-state index is 13.0. The van der Waals surface area contributed by atoms with Crippen molar-refractivity contribution in [2.75, 3.05) is 7.11 Å². The number of ether oxygens (including phenoxy) is 1. The number of rotatable bonds is 6. The van der Waals surface area contributed by atoms with Gasteiger partial charge in [0.15, 0.2) is 11.5 Å². The molecular weight excluding hydrogens is 318 g/mol. The number of hydrogen-bond acceptors (Lipinski definition) is 4. The van der Waals surface area contributed by atoms with Crippen LogP contribution in [0.1, 0.15) is 28.9 Å². The van der Waals surface area contributed by atoms with Crippen LogP contribution in [0.15, 0.2) is 53.1 Å². The Morgan fingerprint density at radius 2 is 2.16 bits per heavy atom. The highest BCUT2D eigenvalue weighted by Gasteiger charge is 2.34. The summed E-state index contributed by atoms with van der Waals surface area (Å²) in [5.74, 6) is 1.37. The molecule has 3 aromatic rings. The number of carbonyl (C=O) groups is 1. The first-order valence-corrected chi connectivity index (χ1v) is 8.28. The molecule has 1 fully saturated rings. The molecule has 2 heterocycles. The molecule has 0 unspecified atom stereocenters. The molecule has 128 valence electrons. The SMILES string of the molecule is COc1ccccc1CN(C(=O)c1cc(-c2ccco2)[nH]n1)C1CC1. The molecule has 0 aliphatic heterocycles. The molecule has 1 aliphatic carbocycles. The first-order valence-electron chi connectivity index (χ1n) is 8.28. The molecule has 4 rings (SSSR count). The average Bonchev–Trinajstić information content (AvgIpc) is 3.13. The Morgan fingerprint density at radius 3 is 2.88 bits per heavy atom. The van der Waals surface area contributed by atoms with Gasteiger partial charge in [-0.05, 0) is 31.0 Å². The molecule has 2 aromatic heterocycles. The first kappa shape index (κ1) is 15.5. The van der Waals surface area contributed by atoms with Crippen LogP contribution in [0.4, 0.5) is 0 Å². The van der Waals surface area contributed by atoms with Crippen LogP contribution in [0, 0.1) is 0 Å². The summed E-state index contributed by atoms with van der Waals surface area (Å²) in [6.07, 6.45) is 3.64. The van der Waals surface area contributed by atoms with Gasteiger partial charge in [0.05, 0.1) is 13.4 Å². The highest BCUT2D eigenvalue weighted by atomic mass is 16.5. The minimum absolute atomic E-state index is 0.0811. The third-order valence-electron chi connectivity index (χ3n) is 4.37. The summed E-state index contributed by atoms with van der Waals surface area (Å²) in [7, 11) is 1.64. The van der Waals surface area contributed by atoms with Crippen molar-refractivity contribution in [2.24, 2.45) is 0 Å². The lowest BCUT2D eigenvalue weighted by molar-refractivity contribution is 0.0722. The van der Waals surface area contributed by atoms with Gasteiger partial charge < -0.3 is 14.1 Å². The summed E-state index contributed by atoms with van der Waals surface area (Å²) in [6, 6.07) is 13.4. The van der Waals surface area contributed by atoms with Crippen molar-refractivity contribution in [1.82, 2.24) is 15.1 Å². The van der Waals surface area contributed by atoms with Crippen molar-refractivity contribution in [3.05, 3.63) is 60.0 Å². The molecule has 1 N–H and O–H groups in total. The predicted molar refractivity (Wildman–Crippen MR) is 92.2 cm³/mol. The van der Waals surface area contributed by atoms with Gasteiger partial charge in [0, 0.05) is 24.2 Å². The largest absolute Gasteiger partial charge is 0.496 e. The highest BCUT2D eigenvalue weighted by molar-refractivity contribution is 5.93. The van der Waals surface area contributed by atoms with E-state index in [-0.39, 0.29) is 11.9 Å². The van der Waals surface area contributed by atoms with E-state index < -0.39 is 0 Å². The summed E-state index contributed by atoms with van der Waals surface area (Å²) in [4.78, 5) is 14.9. The van der Waals surface area contributed by atoms with Crippen molar-refractivity contribution in [3.8, 4) is 17.2 Å². The third kappa shape index (κ3) is 3.15. The Morgan fingerprint density at radius 1 is 1.32 bits per heavy atom. The van der Waals surface area contributed by atoms with Crippen molar-refractivity contribution in [2.45, 2.75) is 25.4 Å². The number of aromatic nitrogens is 2. The molecule has 1 saturated carbocycles. The van der Waals surface area contributed by atoms with E-state index in [1.165, 1.54) is 0 Å². The maximum atomic E-state index is 13.0. The van der Waals surface area contributed by atoms with Gasteiger partial charge in [-0.3, -0.25) is 9.89 Å². The molecule has 0 radical (unpaired) electrons. The van der Waals surface area contributed by atoms with Crippen LogP contribution in [0.3, 0.4) is 0 Å². The smallest absolute Gasteiger partial charge is 0.274 e. The molecule has 1 amide bonds. The van der Waals surface area contributed by atoms with Crippen LogP contribution < -0.4 is 4.74 Å². The van der Waals surface area contributed by atoms with E-state index in [0.717, 1.165) is 24.2 Å². The van der Waals surface area contributed by atoms with E-state index in [0.29, 0.717) is 23.7 Å². The number of methoxy groups -OCH3 is 1. The van der Waals surface area contributed by atoms with Gasteiger partial charge in [-0.25, -0.2) is 0 Å². The number of furan rings is 1. The zero-order valence-electron chi connectivity index (χ0n) is 13.9. The van der Waals surface area contributed by atoms with Crippen LogP contribution in [-0.2, 0) is 6.54 Å². The number of benzene rings is 1. The lowest BCUT2D eigenvalue weighted by atomic mass is 10.1. The molecule has 0 saturated heterocycles. The Bertz CT molecular complexity index is 866. The zero-order valence-corrected chi connectivity index (χ0v) is 13.9. The fourth-order valence-electron chi connectivity index (χ4n) is 2.91. The highest BCUT2D eigenvalue weighted by Crippen LogP contribution is 2.32. The fraction of sp³-hybridized carbons (Fsp3) is 0.263. The Kier molecular flexibility index (Phi) is 4.01. The van der Waals surface area contributed by atoms with E-state index in [1.807, 2.05) is 35.2 Å². The second kappa shape index (κ2) is 6.47. The number of nitrogens with one attached hydrogen (secondary N) is 1.